The van der Waals surface area contributed by atoms with Crippen molar-refractivity contribution < 1.29 is 45.8 Å². The average molecular weight is 476 g/mol. The van der Waals surface area contributed by atoms with Crippen LogP contribution in [0.2, 0.25) is 0 Å². The van der Waals surface area contributed by atoms with Gasteiger partial charge in [-0.05, 0) is 62.9 Å². The first-order valence-electron chi connectivity index (χ1n) is 9.77. The molecule has 0 aliphatic heterocycles. The number of hydrogen-bond acceptors (Lipinski definition) is 3. The molecule has 0 aliphatic carbocycles. The highest BCUT2D eigenvalue weighted by Crippen LogP contribution is 2.38. The van der Waals surface area contributed by atoms with E-state index in [4.69, 9.17) is 4.74 Å². The highest BCUT2D eigenvalue weighted by Gasteiger charge is 2.39. The smallest absolute Gasteiger partial charge is 0.417 e. The van der Waals surface area contributed by atoms with Crippen LogP contribution in [0.5, 0.6) is 5.75 Å². The predicted molar refractivity (Wildman–Crippen MR) is 107 cm³/mol. The van der Waals surface area contributed by atoms with E-state index >= 15 is 0 Å². The first-order chi connectivity index (χ1) is 14.9. The first kappa shape index (κ1) is 26.2. The number of ether oxygens (including phenoxy) is 1. The fourth-order valence-corrected chi connectivity index (χ4v) is 3.23. The number of carboxylic acid groups (broad SMARTS) is 1. The Kier molecular flexibility index (Phi) is 7.21. The fourth-order valence-electron chi connectivity index (χ4n) is 3.23. The minimum absolute atomic E-state index is 0.0292. The zero-order valence-electron chi connectivity index (χ0n) is 18.2. The Labute approximate surface area is 186 Å². The van der Waals surface area contributed by atoms with Crippen molar-refractivity contribution in [2.45, 2.75) is 58.5 Å². The van der Waals surface area contributed by atoms with Gasteiger partial charge in [-0.2, -0.15) is 26.3 Å². The molecule has 10 heteroatoms. The van der Waals surface area contributed by atoms with Crippen molar-refractivity contribution in [3.05, 3.63) is 63.7 Å². The van der Waals surface area contributed by atoms with Crippen LogP contribution < -0.4 is 4.74 Å². The number of rotatable bonds is 7. The number of benzene rings is 2. The zero-order valence-corrected chi connectivity index (χ0v) is 18.2. The number of ketones is 1. The Bertz CT molecular complexity index is 1040. The minimum Gasteiger partial charge on any atom is -0.478 e. The summed E-state index contributed by atoms with van der Waals surface area (Å²) in [6, 6.07) is 4.18. The second kappa shape index (κ2) is 9.07. The van der Waals surface area contributed by atoms with Gasteiger partial charge in [0.05, 0.1) is 11.1 Å². The van der Waals surface area contributed by atoms with Crippen LogP contribution >= 0.6 is 0 Å². The van der Waals surface area contributed by atoms with Crippen LogP contribution in [-0.2, 0) is 23.6 Å². The van der Waals surface area contributed by atoms with Crippen molar-refractivity contribution in [3.63, 3.8) is 0 Å². The molecule has 0 unspecified atom stereocenters. The topological polar surface area (TPSA) is 63.6 Å². The van der Waals surface area contributed by atoms with Gasteiger partial charge in [-0.1, -0.05) is 18.2 Å². The van der Waals surface area contributed by atoms with Gasteiger partial charge in [0.25, 0.3) is 0 Å². The number of carbonyl (C=O) groups is 2. The van der Waals surface area contributed by atoms with E-state index in [2.05, 4.69) is 0 Å². The van der Waals surface area contributed by atoms with Crippen LogP contribution in [0.15, 0.2) is 30.3 Å². The number of hydrogen-bond donors (Lipinski definition) is 1. The van der Waals surface area contributed by atoms with Gasteiger partial charge in [-0.3, -0.25) is 4.79 Å². The molecule has 0 fully saturated rings. The molecular weight excluding hydrogens is 454 g/mol. The third kappa shape index (κ3) is 6.27. The fraction of sp³-hybridized carbons (Fsp3) is 0.391. The van der Waals surface area contributed by atoms with Crippen molar-refractivity contribution in [3.8, 4) is 5.75 Å². The summed E-state index contributed by atoms with van der Waals surface area (Å²) in [5.74, 6) is -1.79. The molecule has 0 bridgehead atoms. The van der Waals surface area contributed by atoms with Crippen LogP contribution in [0.3, 0.4) is 0 Å². The van der Waals surface area contributed by atoms with Gasteiger partial charge < -0.3 is 9.84 Å². The number of aliphatic carboxylic acids is 1. The molecule has 0 aliphatic rings. The molecule has 0 saturated heterocycles. The van der Waals surface area contributed by atoms with Crippen molar-refractivity contribution in [1.82, 2.24) is 0 Å². The molecule has 2 rings (SSSR count). The summed E-state index contributed by atoms with van der Waals surface area (Å²) in [6.07, 6.45) is -10.4. The lowest BCUT2D eigenvalue weighted by Crippen LogP contribution is -2.38. The van der Waals surface area contributed by atoms with E-state index in [9.17, 15) is 41.0 Å². The van der Waals surface area contributed by atoms with Crippen molar-refractivity contribution in [2.24, 2.45) is 0 Å². The lowest BCUT2D eigenvalue weighted by Gasteiger charge is -2.24. The minimum atomic E-state index is -5.13. The van der Waals surface area contributed by atoms with Gasteiger partial charge in [-0.25, -0.2) is 4.79 Å². The standard InChI is InChI=1S/C23H22F6O4/c1-12-9-14(10-13(2)19(12)33-21(3,4)20(31)32)5-8-18(30)16-7-6-15(22(24,25)26)11-17(16)23(27,28)29/h6-7,9-11H,5,8H2,1-4H3,(H,31,32). The van der Waals surface area contributed by atoms with Gasteiger partial charge in [0, 0.05) is 12.0 Å². The predicted octanol–water partition coefficient (Wildman–Crippen LogP) is 6.40. The summed E-state index contributed by atoms with van der Waals surface area (Å²) in [4.78, 5) is 23.8. The van der Waals surface area contributed by atoms with Crippen LogP contribution in [-0.4, -0.2) is 22.5 Å². The Balaban J connectivity index is 2.27. The third-order valence-electron chi connectivity index (χ3n) is 4.99. The Morgan fingerprint density at radius 2 is 1.45 bits per heavy atom. The monoisotopic (exact) mass is 476 g/mol. The van der Waals surface area contributed by atoms with Gasteiger partial charge in [0.2, 0.25) is 0 Å². The maximum Gasteiger partial charge on any atom is 0.417 e. The second-order valence-corrected chi connectivity index (χ2v) is 8.16. The average Bonchev–Trinajstić information content (AvgIpc) is 2.67. The summed E-state index contributed by atoms with van der Waals surface area (Å²) in [5.41, 5.74) is -3.73. The van der Waals surface area contributed by atoms with Gasteiger partial charge in [0.15, 0.2) is 11.4 Å². The Hall–Kier alpha value is -3.04. The Morgan fingerprint density at radius 3 is 1.91 bits per heavy atom. The largest absolute Gasteiger partial charge is 0.478 e. The molecule has 0 amide bonds. The van der Waals surface area contributed by atoms with Crippen molar-refractivity contribution in [1.29, 1.82) is 0 Å². The molecule has 2 aromatic rings. The summed E-state index contributed by atoms with van der Waals surface area (Å²) in [5, 5.41) is 9.23. The van der Waals surface area contributed by atoms with Crippen LogP contribution in [0.25, 0.3) is 0 Å². The molecule has 0 radical (unpaired) electrons. The molecule has 33 heavy (non-hydrogen) atoms. The van der Waals surface area contributed by atoms with E-state index < -0.39 is 46.4 Å². The molecule has 0 heterocycles. The van der Waals surface area contributed by atoms with E-state index in [1.165, 1.54) is 13.8 Å². The van der Waals surface area contributed by atoms with E-state index in [1.54, 1.807) is 26.0 Å². The van der Waals surface area contributed by atoms with E-state index in [-0.39, 0.29) is 18.9 Å². The van der Waals surface area contributed by atoms with Gasteiger partial charge in [-0.15, -0.1) is 0 Å². The van der Waals surface area contributed by atoms with Crippen LogP contribution in [0.4, 0.5) is 26.3 Å². The molecule has 180 valence electrons. The molecule has 4 nitrogen and oxygen atoms in total. The molecule has 0 atom stereocenters. The van der Waals surface area contributed by atoms with E-state index in [1.807, 2.05) is 0 Å². The molecule has 0 saturated carbocycles. The number of alkyl halides is 6. The van der Waals surface area contributed by atoms with Crippen molar-refractivity contribution >= 4 is 11.8 Å². The van der Waals surface area contributed by atoms with Crippen LogP contribution in [0, 0.1) is 13.8 Å². The number of aryl methyl sites for hydroxylation is 3. The normalized spacial score (nSPS) is 12.5. The SMILES string of the molecule is Cc1cc(CCC(=O)c2ccc(C(F)(F)F)cc2C(F)(F)F)cc(C)c1OC(C)(C)C(=O)O. The van der Waals surface area contributed by atoms with E-state index in [0.29, 0.717) is 34.6 Å². The summed E-state index contributed by atoms with van der Waals surface area (Å²) >= 11 is 0. The number of halogens is 6. The molecule has 2 aromatic carbocycles. The quantitative estimate of drug-likeness (QED) is 0.371. The molecule has 0 spiro atoms. The highest BCUT2D eigenvalue weighted by molar-refractivity contribution is 5.98. The highest BCUT2D eigenvalue weighted by atomic mass is 19.4. The van der Waals surface area contributed by atoms with Crippen molar-refractivity contribution in [2.75, 3.05) is 0 Å². The van der Waals surface area contributed by atoms with Gasteiger partial charge >= 0.3 is 18.3 Å². The van der Waals surface area contributed by atoms with E-state index in [0.717, 1.165) is 0 Å². The summed E-state index contributed by atoms with van der Waals surface area (Å²) < 4.78 is 84.0. The zero-order chi connectivity index (χ0) is 25.4. The molecule has 0 aromatic heterocycles. The number of carboxylic acids is 1. The van der Waals surface area contributed by atoms with Crippen LogP contribution in [0.1, 0.15) is 58.4 Å². The molecule has 1 N–H and O–H groups in total. The second-order valence-electron chi connectivity index (χ2n) is 8.16. The lowest BCUT2D eigenvalue weighted by atomic mass is 9.95. The number of carbonyl (C=O) groups excluding carboxylic acids is 1. The lowest BCUT2D eigenvalue weighted by molar-refractivity contribution is -0.152. The summed E-state index contributed by atoms with van der Waals surface area (Å²) in [7, 11) is 0. The summed E-state index contributed by atoms with van der Waals surface area (Å²) in [6.45, 7) is 6.07. The maximum absolute atomic E-state index is 13.3. The first-order valence-corrected chi connectivity index (χ1v) is 9.77. The third-order valence-corrected chi connectivity index (χ3v) is 4.99. The maximum atomic E-state index is 13.3. The van der Waals surface area contributed by atoms with Gasteiger partial charge in [0.1, 0.15) is 5.75 Å². The number of Topliss-reactive ketones (excluding diaryl/α,β-unsaturated/α-hetero) is 1. The Morgan fingerprint density at radius 1 is 0.909 bits per heavy atom. The molecular formula is C23H22F6O4.